The molecular formula is C16H16BrO2Si. The van der Waals surface area contributed by atoms with Gasteiger partial charge in [-0.2, -0.15) is 0 Å². The Hall–Kier alpha value is -1.39. The summed E-state index contributed by atoms with van der Waals surface area (Å²) in [5.74, 6) is -0.308. The van der Waals surface area contributed by atoms with Crippen molar-refractivity contribution in [1.29, 1.82) is 0 Å². The summed E-state index contributed by atoms with van der Waals surface area (Å²) in [4.78, 5) is 12.0. The molecule has 0 aliphatic carbocycles. The molecule has 0 fully saturated rings. The Kier molecular flexibility index (Phi) is 5.15. The van der Waals surface area contributed by atoms with Crippen molar-refractivity contribution in [3.8, 4) is 0 Å². The summed E-state index contributed by atoms with van der Waals surface area (Å²) in [6.45, 7) is 4.81. The Bertz CT molecular complexity index is 594. The maximum Gasteiger partial charge on any atom is 0.339 e. The normalized spacial score (nSPS) is 10.6. The third-order valence-corrected chi connectivity index (χ3v) is 5.17. The number of rotatable bonds is 4. The number of benzene rings is 2. The largest absolute Gasteiger partial charge is 0.457 e. The molecule has 0 bridgehead atoms. The van der Waals surface area contributed by atoms with Crippen LogP contribution in [0.25, 0.3) is 0 Å². The Balaban J connectivity index is 1.98. The van der Waals surface area contributed by atoms with Crippen LogP contribution >= 0.6 is 15.9 Å². The van der Waals surface area contributed by atoms with Gasteiger partial charge in [-0.3, -0.25) is 0 Å². The fraction of sp³-hybridized carbons (Fsp3) is 0.188. The fourth-order valence-electron chi connectivity index (χ4n) is 1.79. The monoisotopic (exact) mass is 347 g/mol. The van der Waals surface area contributed by atoms with Crippen LogP contribution in [0.3, 0.4) is 0 Å². The number of halogens is 1. The lowest BCUT2D eigenvalue weighted by atomic mass is 10.2. The zero-order valence-electron chi connectivity index (χ0n) is 11.5. The molecule has 4 heteroatoms. The molecular weight excluding hydrogens is 332 g/mol. The average Bonchev–Trinajstić information content (AvgIpc) is 2.45. The number of hydrogen-bond acceptors (Lipinski definition) is 2. The molecule has 0 amide bonds. The van der Waals surface area contributed by atoms with Crippen molar-refractivity contribution in [2.75, 3.05) is 0 Å². The molecule has 2 rings (SSSR count). The van der Waals surface area contributed by atoms with Crippen molar-refractivity contribution in [1.82, 2.24) is 0 Å². The van der Waals surface area contributed by atoms with Gasteiger partial charge in [0.05, 0.1) is 14.4 Å². The van der Waals surface area contributed by atoms with Crippen molar-refractivity contribution in [3.05, 3.63) is 64.1 Å². The van der Waals surface area contributed by atoms with E-state index in [4.69, 9.17) is 4.74 Å². The molecule has 0 unspecified atom stereocenters. The van der Waals surface area contributed by atoms with Gasteiger partial charge in [0.2, 0.25) is 0 Å². The van der Waals surface area contributed by atoms with E-state index in [-0.39, 0.29) is 5.97 Å². The number of hydrogen-bond donors (Lipinski definition) is 0. The first-order chi connectivity index (χ1) is 9.58. The van der Waals surface area contributed by atoms with E-state index in [1.54, 1.807) is 6.07 Å². The molecule has 0 aliphatic heterocycles. The number of carbonyl (C=O) groups is 1. The first kappa shape index (κ1) is 15.0. The van der Waals surface area contributed by atoms with E-state index in [9.17, 15) is 4.79 Å². The van der Waals surface area contributed by atoms with E-state index in [1.165, 1.54) is 5.19 Å². The summed E-state index contributed by atoms with van der Waals surface area (Å²) in [5, 5.41) is 1.39. The smallest absolute Gasteiger partial charge is 0.339 e. The van der Waals surface area contributed by atoms with Crippen LogP contribution < -0.4 is 5.19 Å². The topological polar surface area (TPSA) is 26.3 Å². The van der Waals surface area contributed by atoms with Crippen LogP contribution in [0.4, 0.5) is 0 Å². The van der Waals surface area contributed by atoms with Crippen molar-refractivity contribution < 1.29 is 9.53 Å². The van der Waals surface area contributed by atoms with Crippen LogP contribution in [0.1, 0.15) is 15.9 Å². The Labute approximate surface area is 129 Å². The third kappa shape index (κ3) is 3.80. The van der Waals surface area contributed by atoms with E-state index in [1.807, 2.05) is 30.3 Å². The molecule has 0 saturated heterocycles. The zero-order valence-corrected chi connectivity index (χ0v) is 14.1. The fourth-order valence-corrected chi connectivity index (χ4v) is 3.07. The van der Waals surface area contributed by atoms with Crippen LogP contribution in [0.2, 0.25) is 13.1 Å². The average molecular weight is 348 g/mol. The lowest BCUT2D eigenvalue weighted by Crippen LogP contribution is -2.22. The predicted molar refractivity (Wildman–Crippen MR) is 86.8 cm³/mol. The summed E-state index contributed by atoms with van der Waals surface area (Å²) >= 11 is 3.35. The molecule has 103 valence electrons. The van der Waals surface area contributed by atoms with Gasteiger partial charge >= 0.3 is 5.97 Å². The van der Waals surface area contributed by atoms with Crippen LogP contribution in [0.5, 0.6) is 0 Å². The van der Waals surface area contributed by atoms with Gasteiger partial charge in [-0.1, -0.05) is 54.7 Å². The van der Waals surface area contributed by atoms with Gasteiger partial charge < -0.3 is 4.74 Å². The molecule has 0 aliphatic rings. The highest BCUT2D eigenvalue weighted by atomic mass is 79.9. The van der Waals surface area contributed by atoms with Gasteiger partial charge in [0.15, 0.2) is 0 Å². The van der Waals surface area contributed by atoms with Crippen LogP contribution in [-0.4, -0.2) is 14.8 Å². The second-order valence-corrected chi connectivity index (χ2v) is 8.18. The van der Waals surface area contributed by atoms with Gasteiger partial charge in [-0.15, -0.1) is 0 Å². The molecule has 2 nitrogen and oxygen atoms in total. The number of ether oxygens (including phenoxy) is 1. The highest BCUT2D eigenvalue weighted by Crippen LogP contribution is 2.17. The maximum atomic E-state index is 12.0. The molecule has 2 aromatic rings. The van der Waals surface area contributed by atoms with Gasteiger partial charge in [-0.05, 0) is 33.6 Å². The predicted octanol–water partition coefficient (Wildman–Crippen LogP) is 3.77. The summed E-state index contributed by atoms with van der Waals surface area (Å²) in [5.41, 5.74) is 1.56. The summed E-state index contributed by atoms with van der Waals surface area (Å²) in [7, 11) is -0.421. The minimum absolute atomic E-state index is 0.302. The minimum atomic E-state index is -0.421. The minimum Gasteiger partial charge on any atom is -0.457 e. The van der Waals surface area contributed by atoms with Crippen LogP contribution in [-0.2, 0) is 11.3 Å². The van der Waals surface area contributed by atoms with Gasteiger partial charge in [0, 0.05) is 4.47 Å². The van der Waals surface area contributed by atoms with Gasteiger partial charge in [0.25, 0.3) is 0 Å². The van der Waals surface area contributed by atoms with E-state index in [0.717, 1.165) is 10.0 Å². The molecule has 0 aromatic heterocycles. The lowest BCUT2D eigenvalue weighted by molar-refractivity contribution is 0.0471. The second kappa shape index (κ2) is 6.86. The summed E-state index contributed by atoms with van der Waals surface area (Å²) < 4.78 is 6.09. The number of carbonyl (C=O) groups excluding carboxylic acids is 1. The SMILES string of the molecule is C[Si](C)c1ccc(COC(=O)c2ccccc2Br)cc1. The standard InChI is InChI=1S/C16H16BrO2Si/c1-20(2)13-9-7-12(8-10-13)11-19-16(18)14-5-3-4-6-15(14)17/h3-10H,11H2,1-2H3. The van der Waals surface area contributed by atoms with E-state index < -0.39 is 8.80 Å². The molecule has 0 atom stereocenters. The Morgan fingerprint density at radius 3 is 2.35 bits per heavy atom. The number of esters is 1. The van der Waals surface area contributed by atoms with Crippen molar-refractivity contribution in [2.45, 2.75) is 19.7 Å². The van der Waals surface area contributed by atoms with E-state index in [2.05, 4.69) is 41.2 Å². The van der Waals surface area contributed by atoms with E-state index >= 15 is 0 Å². The quantitative estimate of drug-likeness (QED) is 0.621. The van der Waals surface area contributed by atoms with E-state index in [0.29, 0.717) is 12.2 Å². The second-order valence-electron chi connectivity index (χ2n) is 4.75. The maximum absolute atomic E-state index is 12.0. The van der Waals surface area contributed by atoms with Crippen LogP contribution in [0, 0.1) is 0 Å². The lowest BCUT2D eigenvalue weighted by Gasteiger charge is -2.08. The molecule has 2 aromatic carbocycles. The van der Waals surface area contributed by atoms with Crippen LogP contribution in [0.15, 0.2) is 53.0 Å². The molecule has 0 saturated carbocycles. The molecule has 0 N–H and O–H groups in total. The summed E-state index contributed by atoms with van der Waals surface area (Å²) in [6.07, 6.45) is 0. The Morgan fingerprint density at radius 1 is 1.10 bits per heavy atom. The first-order valence-electron chi connectivity index (χ1n) is 6.39. The molecule has 0 heterocycles. The molecule has 0 spiro atoms. The van der Waals surface area contributed by atoms with Gasteiger partial charge in [-0.25, -0.2) is 4.79 Å². The van der Waals surface area contributed by atoms with Crippen molar-refractivity contribution >= 4 is 35.9 Å². The highest BCUT2D eigenvalue weighted by Gasteiger charge is 2.10. The third-order valence-electron chi connectivity index (χ3n) is 2.99. The summed E-state index contributed by atoms with van der Waals surface area (Å²) in [6, 6.07) is 15.6. The molecule has 20 heavy (non-hydrogen) atoms. The van der Waals surface area contributed by atoms with Gasteiger partial charge in [0.1, 0.15) is 6.61 Å². The Morgan fingerprint density at radius 2 is 1.75 bits per heavy atom. The van der Waals surface area contributed by atoms with Crippen molar-refractivity contribution in [2.24, 2.45) is 0 Å². The van der Waals surface area contributed by atoms with Crippen molar-refractivity contribution in [3.63, 3.8) is 0 Å². The molecule has 1 radical (unpaired) electrons. The highest BCUT2D eigenvalue weighted by molar-refractivity contribution is 9.10. The zero-order chi connectivity index (χ0) is 14.5. The first-order valence-corrected chi connectivity index (χ1v) is 9.68.